The van der Waals surface area contributed by atoms with Gasteiger partial charge < -0.3 is 15.2 Å². The van der Waals surface area contributed by atoms with Gasteiger partial charge in [-0.2, -0.15) is 0 Å². The van der Waals surface area contributed by atoms with Gasteiger partial charge in [-0.05, 0) is 48.4 Å². The predicted octanol–water partition coefficient (Wildman–Crippen LogP) is 4.33. The third-order valence-corrected chi connectivity index (χ3v) is 3.48. The van der Waals surface area contributed by atoms with Crippen molar-refractivity contribution in [2.45, 2.75) is 13.8 Å². The smallest absolute Gasteiger partial charge is 0.337 e. The zero-order valence-electron chi connectivity index (χ0n) is 13.4. The van der Waals surface area contributed by atoms with Crippen LogP contribution in [-0.2, 0) is 0 Å². The lowest BCUT2D eigenvalue weighted by atomic mass is 10.1. The van der Waals surface area contributed by atoms with Crippen molar-refractivity contribution in [1.82, 2.24) is 0 Å². The van der Waals surface area contributed by atoms with Crippen molar-refractivity contribution in [3.63, 3.8) is 0 Å². The second-order valence-corrected chi connectivity index (χ2v) is 6.09. The zero-order chi connectivity index (χ0) is 17.7. The molecule has 0 fully saturated rings. The van der Waals surface area contributed by atoms with Crippen molar-refractivity contribution in [2.75, 3.05) is 11.9 Å². The summed E-state index contributed by atoms with van der Waals surface area (Å²) in [5.74, 6) is -0.381. The summed E-state index contributed by atoms with van der Waals surface area (Å²) in [6.07, 6.45) is 0. The van der Waals surface area contributed by atoms with E-state index >= 15 is 0 Å². The highest BCUT2D eigenvalue weighted by atomic mass is 35.5. The maximum absolute atomic E-state index is 12.2. The fourth-order valence-corrected chi connectivity index (χ4v) is 2.13. The molecule has 0 atom stereocenters. The van der Waals surface area contributed by atoms with Crippen molar-refractivity contribution in [3.8, 4) is 5.75 Å². The predicted molar refractivity (Wildman–Crippen MR) is 93.1 cm³/mol. The summed E-state index contributed by atoms with van der Waals surface area (Å²) < 4.78 is 5.56. The molecule has 126 valence electrons. The number of carbonyl (C=O) groups is 2. The molecule has 0 aliphatic carbocycles. The lowest BCUT2D eigenvalue weighted by molar-refractivity contribution is 0.0696. The van der Waals surface area contributed by atoms with E-state index in [0.29, 0.717) is 29.5 Å². The van der Waals surface area contributed by atoms with Gasteiger partial charge in [0.15, 0.2) is 0 Å². The van der Waals surface area contributed by atoms with Gasteiger partial charge in [0.1, 0.15) is 5.75 Å². The number of rotatable bonds is 6. The maximum Gasteiger partial charge on any atom is 0.337 e. The topological polar surface area (TPSA) is 75.6 Å². The van der Waals surface area contributed by atoms with E-state index in [4.69, 9.17) is 21.4 Å². The van der Waals surface area contributed by atoms with Gasteiger partial charge in [-0.3, -0.25) is 4.79 Å². The summed E-state index contributed by atoms with van der Waals surface area (Å²) in [4.78, 5) is 23.3. The number of carboxylic acids is 1. The molecule has 2 aromatic carbocycles. The number of hydrogen-bond donors (Lipinski definition) is 2. The summed E-state index contributed by atoms with van der Waals surface area (Å²) in [7, 11) is 0. The number of amides is 1. The Morgan fingerprint density at radius 1 is 1.17 bits per heavy atom. The Morgan fingerprint density at radius 2 is 1.83 bits per heavy atom. The van der Waals surface area contributed by atoms with Gasteiger partial charge in [0.05, 0.1) is 17.2 Å². The first-order valence-corrected chi connectivity index (χ1v) is 7.81. The standard InChI is InChI=1S/C18H18ClNO4/c1-11(2)10-24-14-6-3-12(4-7-14)17(21)20-13-5-8-16(19)15(9-13)18(22)23/h3-9,11H,10H2,1-2H3,(H,20,21)(H,22,23). The fraction of sp³-hybridized carbons (Fsp3) is 0.222. The third kappa shape index (κ3) is 4.73. The quantitative estimate of drug-likeness (QED) is 0.815. The molecule has 0 aromatic heterocycles. The number of ether oxygens (including phenoxy) is 1. The second kappa shape index (κ2) is 7.84. The molecule has 0 radical (unpaired) electrons. The Kier molecular flexibility index (Phi) is 5.82. The maximum atomic E-state index is 12.2. The van der Waals surface area contributed by atoms with Crippen LogP contribution < -0.4 is 10.1 Å². The van der Waals surface area contributed by atoms with Gasteiger partial charge in [-0.25, -0.2) is 4.79 Å². The minimum atomic E-state index is -1.15. The Hall–Kier alpha value is -2.53. The van der Waals surface area contributed by atoms with Crippen LogP contribution in [-0.4, -0.2) is 23.6 Å². The lowest BCUT2D eigenvalue weighted by Crippen LogP contribution is -2.12. The minimum absolute atomic E-state index is 0.0631. The van der Waals surface area contributed by atoms with E-state index in [9.17, 15) is 9.59 Å². The van der Waals surface area contributed by atoms with Gasteiger partial charge in [-0.15, -0.1) is 0 Å². The van der Waals surface area contributed by atoms with Crippen LogP contribution >= 0.6 is 11.6 Å². The third-order valence-electron chi connectivity index (χ3n) is 3.15. The van der Waals surface area contributed by atoms with Crippen molar-refractivity contribution < 1.29 is 19.4 Å². The number of carboxylic acid groups (broad SMARTS) is 1. The number of aromatic carboxylic acids is 1. The highest BCUT2D eigenvalue weighted by Gasteiger charge is 2.12. The molecule has 0 aliphatic rings. The Morgan fingerprint density at radius 3 is 2.42 bits per heavy atom. The molecule has 0 aliphatic heterocycles. The lowest BCUT2D eigenvalue weighted by Gasteiger charge is -2.10. The first-order valence-electron chi connectivity index (χ1n) is 7.44. The highest BCUT2D eigenvalue weighted by molar-refractivity contribution is 6.33. The van der Waals surface area contributed by atoms with Crippen molar-refractivity contribution in [1.29, 1.82) is 0 Å². The van der Waals surface area contributed by atoms with Gasteiger partial charge >= 0.3 is 5.97 Å². The monoisotopic (exact) mass is 347 g/mol. The Bertz CT molecular complexity index is 741. The van der Waals surface area contributed by atoms with Crippen molar-refractivity contribution >= 4 is 29.2 Å². The van der Waals surface area contributed by atoms with Crippen LogP contribution in [0.3, 0.4) is 0 Å². The molecule has 2 N–H and O–H groups in total. The van der Waals surface area contributed by atoms with E-state index in [1.165, 1.54) is 12.1 Å². The van der Waals surface area contributed by atoms with Crippen LogP contribution in [0.4, 0.5) is 5.69 Å². The van der Waals surface area contributed by atoms with Gasteiger partial charge in [0, 0.05) is 11.3 Å². The summed E-state index contributed by atoms with van der Waals surface area (Å²) in [6, 6.07) is 11.1. The normalized spacial score (nSPS) is 10.5. The average Bonchev–Trinajstić information content (AvgIpc) is 2.54. The van der Waals surface area contributed by atoms with E-state index in [-0.39, 0.29) is 16.5 Å². The molecule has 2 rings (SSSR count). The molecular formula is C18H18ClNO4. The molecule has 0 saturated carbocycles. The van der Waals surface area contributed by atoms with Gasteiger partial charge in [0.25, 0.3) is 5.91 Å². The van der Waals surface area contributed by atoms with E-state index < -0.39 is 5.97 Å². The molecular weight excluding hydrogens is 330 g/mol. The van der Waals surface area contributed by atoms with Crippen LogP contribution in [0, 0.1) is 5.92 Å². The fourth-order valence-electron chi connectivity index (χ4n) is 1.94. The summed E-state index contributed by atoms with van der Waals surface area (Å²) >= 11 is 5.81. The van der Waals surface area contributed by atoms with E-state index in [2.05, 4.69) is 19.2 Å². The Balaban J connectivity index is 2.07. The molecule has 2 aromatic rings. The number of carbonyl (C=O) groups excluding carboxylic acids is 1. The molecule has 0 bridgehead atoms. The second-order valence-electron chi connectivity index (χ2n) is 5.68. The van der Waals surface area contributed by atoms with E-state index in [0.717, 1.165) is 0 Å². The number of anilines is 1. The molecule has 1 amide bonds. The van der Waals surface area contributed by atoms with E-state index in [1.54, 1.807) is 30.3 Å². The number of halogens is 1. The molecule has 0 spiro atoms. The van der Waals surface area contributed by atoms with Crippen LogP contribution in [0.5, 0.6) is 5.75 Å². The SMILES string of the molecule is CC(C)COc1ccc(C(=O)Nc2ccc(Cl)c(C(=O)O)c2)cc1. The Labute approximate surface area is 145 Å². The van der Waals surface area contributed by atoms with Gasteiger partial charge in [-0.1, -0.05) is 25.4 Å². The summed E-state index contributed by atoms with van der Waals surface area (Å²) in [5, 5.41) is 11.8. The average molecular weight is 348 g/mol. The summed E-state index contributed by atoms with van der Waals surface area (Å²) in [6.45, 7) is 4.72. The first-order chi connectivity index (χ1) is 11.4. The van der Waals surface area contributed by atoms with Crippen LogP contribution in [0.2, 0.25) is 5.02 Å². The highest BCUT2D eigenvalue weighted by Crippen LogP contribution is 2.21. The molecule has 24 heavy (non-hydrogen) atoms. The molecule has 0 unspecified atom stereocenters. The molecule has 5 nitrogen and oxygen atoms in total. The molecule has 0 saturated heterocycles. The van der Waals surface area contributed by atoms with Crippen molar-refractivity contribution in [2.24, 2.45) is 5.92 Å². The number of hydrogen-bond acceptors (Lipinski definition) is 3. The molecule has 0 heterocycles. The minimum Gasteiger partial charge on any atom is -0.493 e. The van der Waals surface area contributed by atoms with Crippen LogP contribution in [0.15, 0.2) is 42.5 Å². The van der Waals surface area contributed by atoms with Crippen LogP contribution in [0.1, 0.15) is 34.6 Å². The molecule has 6 heteroatoms. The number of benzene rings is 2. The first kappa shape index (κ1) is 17.8. The van der Waals surface area contributed by atoms with Crippen molar-refractivity contribution in [3.05, 3.63) is 58.6 Å². The van der Waals surface area contributed by atoms with E-state index in [1.807, 2.05) is 0 Å². The number of nitrogens with one attached hydrogen (secondary N) is 1. The van der Waals surface area contributed by atoms with Gasteiger partial charge in [0.2, 0.25) is 0 Å². The largest absolute Gasteiger partial charge is 0.493 e. The van der Waals surface area contributed by atoms with Crippen LogP contribution in [0.25, 0.3) is 0 Å². The summed E-state index contributed by atoms with van der Waals surface area (Å²) in [5.41, 5.74) is 0.743. The zero-order valence-corrected chi connectivity index (χ0v) is 14.1.